The van der Waals surface area contributed by atoms with E-state index < -0.39 is 0 Å². The van der Waals surface area contributed by atoms with E-state index in [9.17, 15) is 0 Å². The zero-order valence-electron chi connectivity index (χ0n) is 11.5. The molecule has 4 nitrogen and oxygen atoms in total. The third-order valence-corrected chi connectivity index (χ3v) is 3.70. The molecular formula is C14H24N4. The summed E-state index contributed by atoms with van der Waals surface area (Å²) >= 11 is 0. The van der Waals surface area contributed by atoms with Crippen molar-refractivity contribution in [2.75, 3.05) is 18.4 Å². The second kappa shape index (κ2) is 6.14. The van der Waals surface area contributed by atoms with E-state index in [1.807, 2.05) is 0 Å². The van der Waals surface area contributed by atoms with Crippen molar-refractivity contribution in [1.29, 1.82) is 0 Å². The fourth-order valence-corrected chi connectivity index (χ4v) is 2.74. The van der Waals surface area contributed by atoms with E-state index in [0.29, 0.717) is 12.5 Å². The van der Waals surface area contributed by atoms with Gasteiger partial charge in [-0.15, -0.1) is 0 Å². The molecular weight excluding hydrogens is 224 g/mol. The highest BCUT2D eigenvalue weighted by Crippen LogP contribution is 2.31. The Balaban J connectivity index is 2.18. The molecule has 1 fully saturated rings. The number of aromatic nitrogens is 2. The number of nitrogens with two attached hydrogens (primary N) is 1. The van der Waals surface area contributed by atoms with Gasteiger partial charge in [-0.25, -0.2) is 9.97 Å². The summed E-state index contributed by atoms with van der Waals surface area (Å²) in [6.45, 7) is 5.51. The van der Waals surface area contributed by atoms with E-state index in [1.54, 1.807) is 0 Å². The topological polar surface area (TPSA) is 63.8 Å². The summed E-state index contributed by atoms with van der Waals surface area (Å²) in [5.74, 6) is 1.61. The van der Waals surface area contributed by atoms with Gasteiger partial charge >= 0.3 is 0 Å². The van der Waals surface area contributed by atoms with E-state index in [4.69, 9.17) is 15.7 Å². The molecule has 0 spiro atoms. The Labute approximate surface area is 109 Å². The number of hydrogen-bond donors (Lipinski definition) is 2. The highest BCUT2D eigenvalue weighted by molar-refractivity contribution is 5.51. The summed E-state index contributed by atoms with van der Waals surface area (Å²) in [6.07, 6.45) is 6.49. The molecule has 0 unspecified atom stereocenters. The number of aryl methyl sites for hydroxylation is 2. The minimum absolute atomic E-state index is 0.569. The summed E-state index contributed by atoms with van der Waals surface area (Å²) in [7, 11) is 0. The van der Waals surface area contributed by atoms with Gasteiger partial charge in [0.1, 0.15) is 5.82 Å². The van der Waals surface area contributed by atoms with Crippen LogP contribution in [0.5, 0.6) is 0 Å². The molecule has 2 rings (SSSR count). The molecule has 0 saturated heterocycles. The minimum atomic E-state index is 0.569. The third kappa shape index (κ3) is 2.99. The van der Waals surface area contributed by atoms with Crippen LogP contribution in [-0.2, 0) is 0 Å². The molecule has 1 aromatic heterocycles. The van der Waals surface area contributed by atoms with Gasteiger partial charge in [0.25, 0.3) is 0 Å². The fraction of sp³-hybridized carbons (Fsp3) is 0.714. The van der Waals surface area contributed by atoms with Crippen LogP contribution in [0.15, 0.2) is 0 Å². The first-order chi connectivity index (χ1) is 8.72. The van der Waals surface area contributed by atoms with Crippen molar-refractivity contribution in [3.05, 3.63) is 17.2 Å². The molecule has 18 heavy (non-hydrogen) atoms. The van der Waals surface area contributed by atoms with Crippen molar-refractivity contribution >= 4 is 5.69 Å². The average Bonchev–Trinajstić information content (AvgIpc) is 2.39. The van der Waals surface area contributed by atoms with Gasteiger partial charge in [-0.2, -0.15) is 0 Å². The van der Waals surface area contributed by atoms with Gasteiger partial charge < -0.3 is 11.1 Å². The molecule has 0 aliphatic heterocycles. The molecule has 1 saturated carbocycles. The maximum absolute atomic E-state index is 5.52. The zero-order chi connectivity index (χ0) is 13.0. The number of hydrogen-bond acceptors (Lipinski definition) is 4. The normalized spacial score (nSPS) is 16.8. The molecule has 0 radical (unpaired) electrons. The lowest BCUT2D eigenvalue weighted by Gasteiger charge is -2.22. The van der Waals surface area contributed by atoms with E-state index >= 15 is 0 Å². The molecule has 3 N–H and O–H groups in total. The van der Waals surface area contributed by atoms with Crippen molar-refractivity contribution in [1.82, 2.24) is 9.97 Å². The molecule has 1 aromatic rings. The Morgan fingerprint density at radius 1 is 1.11 bits per heavy atom. The highest BCUT2D eigenvalue weighted by Gasteiger charge is 2.19. The Hall–Kier alpha value is -1.16. The number of rotatable bonds is 4. The molecule has 100 valence electrons. The van der Waals surface area contributed by atoms with Crippen LogP contribution in [0.4, 0.5) is 5.69 Å². The maximum Gasteiger partial charge on any atom is 0.132 e. The lowest BCUT2D eigenvalue weighted by atomic mass is 9.88. The Kier molecular flexibility index (Phi) is 4.53. The highest BCUT2D eigenvalue weighted by atomic mass is 15.0. The van der Waals surface area contributed by atoms with E-state index in [0.717, 1.165) is 29.4 Å². The van der Waals surface area contributed by atoms with Gasteiger partial charge in [0, 0.05) is 19.0 Å². The first-order valence-corrected chi connectivity index (χ1v) is 7.01. The zero-order valence-corrected chi connectivity index (χ0v) is 11.5. The molecule has 1 aliphatic rings. The van der Waals surface area contributed by atoms with Gasteiger partial charge in [0.15, 0.2) is 0 Å². The minimum Gasteiger partial charge on any atom is -0.381 e. The predicted molar refractivity (Wildman–Crippen MR) is 74.9 cm³/mol. The van der Waals surface area contributed by atoms with Crippen LogP contribution in [0.1, 0.15) is 55.2 Å². The predicted octanol–water partition coefficient (Wildman–Crippen LogP) is 2.51. The number of anilines is 1. The Morgan fingerprint density at radius 3 is 2.28 bits per heavy atom. The summed E-state index contributed by atoms with van der Waals surface area (Å²) in [4.78, 5) is 9.39. The number of nitrogens with one attached hydrogen (secondary N) is 1. The van der Waals surface area contributed by atoms with E-state index in [1.165, 1.54) is 32.1 Å². The van der Waals surface area contributed by atoms with Gasteiger partial charge in [0.05, 0.1) is 17.1 Å². The molecule has 1 heterocycles. The molecule has 4 heteroatoms. The molecule has 1 aliphatic carbocycles. The smallest absolute Gasteiger partial charge is 0.132 e. The summed E-state index contributed by atoms with van der Waals surface area (Å²) < 4.78 is 0. The van der Waals surface area contributed by atoms with Crippen molar-refractivity contribution < 1.29 is 0 Å². The monoisotopic (exact) mass is 248 g/mol. The van der Waals surface area contributed by atoms with Crippen LogP contribution < -0.4 is 11.1 Å². The van der Waals surface area contributed by atoms with Crippen LogP contribution in [0.2, 0.25) is 0 Å². The average molecular weight is 248 g/mol. The molecule has 0 bridgehead atoms. The SMILES string of the molecule is Cc1nc(C2CCCCC2)nc(C)c1NCCN. The summed E-state index contributed by atoms with van der Waals surface area (Å²) in [6, 6.07) is 0. The van der Waals surface area contributed by atoms with Crippen LogP contribution in [0, 0.1) is 13.8 Å². The second-order valence-electron chi connectivity index (χ2n) is 5.18. The lowest BCUT2D eigenvalue weighted by Crippen LogP contribution is -2.17. The second-order valence-corrected chi connectivity index (χ2v) is 5.18. The van der Waals surface area contributed by atoms with Crippen LogP contribution in [0.3, 0.4) is 0 Å². The maximum atomic E-state index is 5.52. The largest absolute Gasteiger partial charge is 0.381 e. The van der Waals surface area contributed by atoms with E-state index in [-0.39, 0.29) is 0 Å². The van der Waals surface area contributed by atoms with Crippen molar-refractivity contribution in [2.45, 2.75) is 51.9 Å². The van der Waals surface area contributed by atoms with Crippen molar-refractivity contribution in [3.8, 4) is 0 Å². The number of nitrogens with zero attached hydrogens (tertiary/aromatic N) is 2. The fourth-order valence-electron chi connectivity index (χ4n) is 2.74. The van der Waals surface area contributed by atoms with Gasteiger partial charge in [0.2, 0.25) is 0 Å². The Bertz CT molecular complexity index is 374. The summed E-state index contributed by atoms with van der Waals surface area (Å²) in [5.41, 5.74) is 8.68. The van der Waals surface area contributed by atoms with Crippen molar-refractivity contribution in [2.24, 2.45) is 5.73 Å². The first kappa shape index (κ1) is 13.3. The summed E-state index contributed by atoms with van der Waals surface area (Å²) in [5, 5.41) is 3.31. The van der Waals surface area contributed by atoms with Gasteiger partial charge in [-0.1, -0.05) is 19.3 Å². The lowest BCUT2D eigenvalue weighted by molar-refractivity contribution is 0.427. The Morgan fingerprint density at radius 2 is 1.72 bits per heavy atom. The quantitative estimate of drug-likeness (QED) is 0.859. The van der Waals surface area contributed by atoms with Crippen LogP contribution >= 0.6 is 0 Å². The van der Waals surface area contributed by atoms with Crippen LogP contribution in [-0.4, -0.2) is 23.1 Å². The molecule has 0 aromatic carbocycles. The van der Waals surface area contributed by atoms with Gasteiger partial charge in [-0.05, 0) is 26.7 Å². The molecule has 0 amide bonds. The van der Waals surface area contributed by atoms with Crippen molar-refractivity contribution in [3.63, 3.8) is 0 Å². The van der Waals surface area contributed by atoms with Gasteiger partial charge in [-0.3, -0.25) is 0 Å². The van der Waals surface area contributed by atoms with Crippen LogP contribution in [0.25, 0.3) is 0 Å². The molecule has 0 atom stereocenters. The van der Waals surface area contributed by atoms with E-state index in [2.05, 4.69) is 19.2 Å². The standard InChI is InChI=1S/C14H24N4/c1-10-13(16-9-8-15)11(2)18-14(17-10)12-6-4-3-5-7-12/h12,16H,3-9,15H2,1-2H3. The third-order valence-electron chi connectivity index (χ3n) is 3.70. The first-order valence-electron chi connectivity index (χ1n) is 7.01.